The summed E-state index contributed by atoms with van der Waals surface area (Å²) in [6.07, 6.45) is 2.28. The van der Waals surface area contributed by atoms with E-state index in [-0.39, 0.29) is 5.91 Å². The number of likely N-dealkylation sites (tertiary alicyclic amines) is 1. The van der Waals surface area contributed by atoms with E-state index in [1.54, 1.807) is 0 Å². The summed E-state index contributed by atoms with van der Waals surface area (Å²) in [5.41, 5.74) is 1.19. The van der Waals surface area contributed by atoms with Crippen molar-refractivity contribution in [2.45, 2.75) is 38.7 Å². The first-order valence-electron chi connectivity index (χ1n) is 6.55. The average Bonchev–Trinajstić information content (AvgIpc) is 2.53. The topological polar surface area (TPSA) is 45.5 Å². The number of amides is 1. The maximum atomic E-state index is 12.4. The first kappa shape index (κ1) is 13.1. The van der Waals surface area contributed by atoms with Crippen LogP contribution in [0.3, 0.4) is 0 Å². The summed E-state index contributed by atoms with van der Waals surface area (Å²) in [5, 5.41) is 10.0. The lowest BCUT2D eigenvalue weighted by Crippen LogP contribution is -2.34. The summed E-state index contributed by atoms with van der Waals surface area (Å²) in [5.74, 6) is 0.0725. The lowest BCUT2D eigenvalue weighted by molar-refractivity contribution is 0.0437. The maximum absolute atomic E-state index is 12.4. The van der Waals surface area contributed by atoms with Crippen molar-refractivity contribution in [3.63, 3.8) is 0 Å². The fourth-order valence-electron chi connectivity index (χ4n) is 2.46. The molecule has 1 aromatic rings. The summed E-state index contributed by atoms with van der Waals surface area (Å²) in [4.78, 5) is 14.3. The Morgan fingerprint density at radius 1 is 1.33 bits per heavy atom. The second-order valence-corrected chi connectivity index (χ2v) is 5.56. The molecule has 1 aromatic heterocycles. The molecule has 1 aliphatic rings. The predicted octanol–water partition coefficient (Wildman–Crippen LogP) is 1.71. The van der Waals surface area contributed by atoms with Crippen LogP contribution < -0.4 is 0 Å². The van der Waals surface area contributed by atoms with Gasteiger partial charge in [-0.15, -0.1) is 0 Å². The van der Waals surface area contributed by atoms with Crippen molar-refractivity contribution in [3.8, 4) is 0 Å². The minimum atomic E-state index is -0.626. The molecule has 0 spiro atoms. The molecule has 1 amide bonds. The van der Waals surface area contributed by atoms with Gasteiger partial charge in [0.15, 0.2) is 0 Å². The Labute approximate surface area is 108 Å². The van der Waals surface area contributed by atoms with Gasteiger partial charge in [-0.1, -0.05) is 0 Å². The van der Waals surface area contributed by atoms with Crippen molar-refractivity contribution >= 4 is 5.91 Å². The zero-order chi connectivity index (χ0) is 13.3. The van der Waals surface area contributed by atoms with Crippen LogP contribution in [0.15, 0.2) is 12.1 Å². The Balaban J connectivity index is 2.12. The zero-order valence-corrected chi connectivity index (χ0v) is 11.4. The molecule has 4 nitrogen and oxygen atoms in total. The Morgan fingerprint density at radius 2 is 2.06 bits per heavy atom. The van der Waals surface area contributed by atoms with E-state index in [0.29, 0.717) is 13.0 Å². The van der Waals surface area contributed by atoms with Crippen molar-refractivity contribution in [2.24, 2.45) is 7.05 Å². The van der Waals surface area contributed by atoms with Crippen molar-refractivity contribution in [3.05, 3.63) is 23.5 Å². The SMILES string of the molecule is Cc1ccc(C(=O)N2CCCC(C)(O)CC2)n1C. The second-order valence-electron chi connectivity index (χ2n) is 5.56. The summed E-state index contributed by atoms with van der Waals surface area (Å²) in [7, 11) is 1.91. The van der Waals surface area contributed by atoms with Gasteiger partial charge >= 0.3 is 0 Å². The van der Waals surface area contributed by atoms with Crippen LogP contribution in [-0.4, -0.2) is 39.2 Å². The monoisotopic (exact) mass is 250 g/mol. The number of aromatic nitrogens is 1. The smallest absolute Gasteiger partial charge is 0.270 e. The molecule has 1 saturated heterocycles. The second kappa shape index (κ2) is 4.76. The molecule has 0 saturated carbocycles. The van der Waals surface area contributed by atoms with E-state index in [0.717, 1.165) is 30.8 Å². The van der Waals surface area contributed by atoms with E-state index in [9.17, 15) is 9.90 Å². The predicted molar refractivity (Wildman–Crippen MR) is 70.5 cm³/mol. The zero-order valence-electron chi connectivity index (χ0n) is 11.4. The van der Waals surface area contributed by atoms with Gasteiger partial charge in [-0.05, 0) is 45.2 Å². The lowest BCUT2D eigenvalue weighted by atomic mass is 9.98. The number of nitrogens with zero attached hydrogens (tertiary/aromatic N) is 2. The number of aliphatic hydroxyl groups is 1. The van der Waals surface area contributed by atoms with Crippen molar-refractivity contribution in [1.82, 2.24) is 9.47 Å². The van der Waals surface area contributed by atoms with Crippen LogP contribution in [0.25, 0.3) is 0 Å². The van der Waals surface area contributed by atoms with Crippen LogP contribution in [0.4, 0.5) is 0 Å². The van der Waals surface area contributed by atoms with Crippen molar-refractivity contribution < 1.29 is 9.90 Å². The molecular formula is C14H22N2O2. The van der Waals surface area contributed by atoms with Crippen LogP contribution in [0.1, 0.15) is 42.4 Å². The minimum Gasteiger partial charge on any atom is -0.390 e. The molecule has 0 aromatic carbocycles. The van der Waals surface area contributed by atoms with Crippen LogP contribution >= 0.6 is 0 Å². The van der Waals surface area contributed by atoms with E-state index < -0.39 is 5.60 Å². The average molecular weight is 250 g/mol. The minimum absolute atomic E-state index is 0.0725. The van der Waals surface area contributed by atoms with E-state index >= 15 is 0 Å². The van der Waals surface area contributed by atoms with E-state index in [2.05, 4.69) is 0 Å². The molecule has 1 aliphatic heterocycles. The van der Waals surface area contributed by atoms with Crippen LogP contribution in [-0.2, 0) is 7.05 Å². The summed E-state index contributed by atoms with van der Waals surface area (Å²) >= 11 is 0. The molecule has 2 heterocycles. The molecule has 4 heteroatoms. The van der Waals surface area contributed by atoms with Gasteiger partial charge in [0, 0.05) is 25.8 Å². The third-order valence-electron chi connectivity index (χ3n) is 3.94. The van der Waals surface area contributed by atoms with Crippen molar-refractivity contribution in [2.75, 3.05) is 13.1 Å². The number of hydrogen-bond donors (Lipinski definition) is 1. The lowest BCUT2D eigenvalue weighted by Gasteiger charge is -2.22. The fourth-order valence-corrected chi connectivity index (χ4v) is 2.46. The van der Waals surface area contributed by atoms with Gasteiger partial charge < -0.3 is 14.6 Å². The van der Waals surface area contributed by atoms with Crippen LogP contribution in [0, 0.1) is 6.92 Å². The number of carbonyl (C=O) groups is 1. The number of rotatable bonds is 1. The van der Waals surface area contributed by atoms with Crippen molar-refractivity contribution in [1.29, 1.82) is 0 Å². The molecule has 18 heavy (non-hydrogen) atoms. The van der Waals surface area contributed by atoms with Gasteiger partial charge in [0.1, 0.15) is 5.69 Å². The molecular weight excluding hydrogens is 228 g/mol. The fraction of sp³-hybridized carbons (Fsp3) is 0.643. The summed E-state index contributed by atoms with van der Waals surface area (Å²) in [6.45, 7) is 5.22. The van der Waals surface area contributed by atoms with Crippen LogP contribution in [0.5, 0.6) is 0 Å². The molecule has 100 valence electrons. The molecule has 0 aliphatic carbocycles. The van der Waals surface area contributed by atoms with E-state index in [1.165, 1.54) is 0 Å². The first-order valence-corrected chi connectivity index (χ1v) is 6.55. The molecule has 0 bridgehead atoms. The highest BCUT2D eigenvalue weighted by Crippen LogP contribution is 2.22. The Morgan fingerprint density at radius 3 is 2.67 bits per heavy atom. The third-order valence-corrected chi connectivity index (χ3v) is 3.94. The maximum Gasteiger partial charge on any atom is 0.270 e. The van der Waals surface area contributed by atoms with Gasteiger partial charge in [-0.3, -0.25) is 4.79 Å². The number of hydrogen-bond acceptors (Lipinski definition) is 2. The Hall–Kier alpha value is -1.29. The quantitative estimate of drug-likeness (QED) is 0.824. The van der Waals surface area contributed by atoms with Gasteiger partial charge in [0.2, 0.25) is 0 Å². The Kier molecular flexibility index (Phi) is 3.48. The van der Waals surface area contributed by atoms with E-state index in [4.69, 9.17) is 0 Å². The molecule has 2 rings (SSSR count). The van der Waals surface area contributed by atoms with E-state index in [1.807, 2.05) is 42.5 Å². The third kappa shape index (κ3) is 2.58. The highest BCUT2D eigenvalue weighted by Gasteiger charge is 2.28. The molecule has 1 fully saturated rings. The molecule has 1 atom stereocenters. The van der Waals surface area contributed by atoms with Gasteiger partial charge in [-0.25, -0.2) is 0 Å². The highest BCUT2D eigenvalue weighted by molar-refractivity contribution is 5.93. The Bertz CT molecular complexity index is 449. The first-order chi connectivity index (χ1) is 8.41. The normalized spacial score (nSPS) is 25.0. The van der Waals surface area contributed by atoms with Gasteiger partial charge in [0.05, 0.1) is 5.60 Å². The summed E-state index contributed by atoms with van der Waals surface area (Å²) in [6, 6.07) is 3.84. The van der Waals surface area contributed by atoms with Gasteiger partial charge in [-0.2, -0.15) is 0 Å². The molecule has 1 unspecified atom stereocenters. The highest BCUT2D eigenvalue weighted by atomic mass is 16.3. The largest absolute Gasteiger partial charge is 0.390 e. The summed E-state index contributed by atoms with van der Waals surface area (Å²) < 4.78 is 1.92. The number of aryl methyl sites for hydroxylation is 1. The molecule has 0 radical (unpaired) electrons. The standard InChI is InChI=1S/C14H22N2O2/c1-11-5-6-12(15(11)3)13(17)16-9-4-7-14(2,18)8-10-16/h5-6,18H,4,7-10H2,1-3H3. The van der Waals surface area contributed by atoms with Gasteiger partial charge in [0.25, 0.3) is 5.91 Å². The number of carbonyl (C=O) groups excluding carboxylic acids is 1. The van der Waals surface area contributed by atoms with Crippen LogP contribution in [0.2, 0.25) is 0 Å². The molecule has 1 N–H and O–H groups in total.